The number of ether oxygens (including phenoxy) is 1. The molecule has 19 heavy (non-hydrogen) atoms. The van der Waals surface area contributed by atoms with E-state index in [0.29, 0.717) is 19.3 Å². The summed E-state index contributed by atoms with van der Waals surface area (Å²) in [7, 11) is 0. The predicted molar refractivity (Wildman–Crippen MR) is 77.9 cm³/mol. The maximum atomic E-state index is 9.48. The van der Waals surface area contributed by atoms with E-state index in [1.165, 1.54) is 18.4 Å². The predicted octanol–water partition coefficient (Wildman–Crippen LogP) is 2.50. The Morgan fingerprint density at radius 2 is 2.00 bits per heavy atom. The van der Waals surface area contributed by atoms with Gasteiger partial charge in [0.05, 0.1) is 25.2 Å². The fourth-order valence-electron chi connectivity index (χ4n) is 2.62. The fourth-order valence-corrected chi connectivity index (χ4v) is 2.89. The molecule has 1 heterocycles. The van der Waals surface area contributed by atoms with E-state index in [9.17, 15) is 5.11 Å². The van der Waals surface area contributed by atoms with Crippen LogP contribution >= 0.6 is 15.9 Å². The third-order valence-electron chi connectivity index (χ3n) is 4.17. The van der Waals surface area contributed by atoms with Crippen molar-refractivity contribution in [3.8, 4) is 0 Å². The molecule has 1 saturated carbocycles. The summed E-state index contributed by atoms with van der Waals surface area (Å²) in [6.45, 7) is 2.39. The van der Waals surface area contributed by atoms with Gasteiger partial charge in [-0.15, -0.1) is 0 Å². The van der Waals surface area contributed by atoms with Crippen LogP contribution in [0.15, 0.2) is 28.7 Å². The zero-order valence-electron chi connectivity index (χ0n) is 10.9. The molecule has 1 aliphatic carbocycles. The molecule has 3 rings (SSSR count). The molecule has 0 radical (unpaired) electrons. The number of benzene rings is 1. The van der Waals surface area contributed by atoms with Gasteiger partial charge in [0.1, 0.15) is 0 Å². The van der Waals surface area contributed by atoms with Crippen molar-refractivity contribution in [3.63, 3.8) is 0 Å². The van der Waals surface area contributed by atoms with E-state index < -0.39 is 0 Å². The van der Waals surface area contributed by atoms with E-state index in [1.807, 2.05) is 0 Å². The largest absolute Gasteiger partial charge is 0.396 e. The van der Waals surface area contributed by atoms with Crippen LogP contribution in [-0.2, 0) is 4.74 Å². The molecule has 1 unspecified atom stereocenters. The molecular weight excluding hydrogens is 306 g/mol. The number of hydrogen-bond acceptors (Lipinski definition) is 3. The molecule has 4 heteroatoms. The maximum absolute atomic E-state index is 9.48. The molecule has 2 aliphatic rings. The summed E-state index contributed by atoms with van der Waals surface area (Å²) in [5.74, 6) is 0.748. The lowest BCUT2D eigenvalue weighted by Crippen LogP contribution is -2.52. The van der Waals surface area contributed by atoms with Gasteiger partial charge in [-0.25, -0.2) is 0 Å². The SMILES string of the molecule is OCC1(CNC(c2ccc(Br)cc2)C2CC2)COC1. The quantitative estimate of drug-likeness (QED) is 0.844. The first kappa shape index (κ1) is 13.6. The number of hydrogen-bond donors (Lipinski definition) is 2. The van der Waals surface area contributed by atoms with Crippen molar-refractivity contribution < 1.29 is 9.84 Å². The lowest BCUT2D eigenvalue weighted by Gasteiger charge is -2.41. The van der Waals surface area contributed by atoms with Gasteiger partial charge >= 0.3 is 0 Å². The number of aliphatic hydroxyl groups excluding tert-OH is 1. The highest BCUT2D eigenvalue weighted by atomic mass is 79.9. The molecule has 1 saturated heterocycles. The van der Waals surface area contributed by atoms with Crippen LogP contribution in [0.2, 0.25) is 0 Å². The van der Waals surface area contributed by atoms with Crippen LogP contribution in [0.1, 0.15) is 24.4 Å². The summed E-state index contributed by atoms with van der Waals surface area (Å²) >= 11 is 3.48. The molecule has 1 aromatic carbocycles. The highest BCUT2D eigenvalue weighted by Crippen LogP contribution is 2.41. The van der Waals surface area contributed by atoms with E-state index in [4.69, 9.17) is 4.74 Å². The standard InChI is InChI=1S/C15H20BrNO2/c16-13-5-3-12(4-6-13)14(11-1-2-11)17-7-15(8-18)9-19-10-15/h3-6,11,14,17-18H,1-2,7-10H2. The molecule has 1 aromatic rings. The summed E-state index contributed by atoms with van der Waals surface area (Å²) < 4.78 is 6.37. The number of rotatable bonds is 6. The van der Waals surface area contributed by atoms with Crippen LogP contribution in [0.3, 0.4) is 0 Å². The van der Waals surface area contributed by atoms with Gasteiger partial charge in [0.2, 0.25) is 0 Å². The van der Waals surface area contributed by atoms with E-state index >= 15 is 0 Å². The van der Waals surface area contributed by atoms with Crippen molar-refractivity contribution in [1.29, 1.82) is 0 Å². The first-order chi connectivity index (χ1) is 9.22. The Kier molecular flexibility index (Phi) is 3.94. The highest BCUT2D eigenvalue weighted by molar-refractivity contribution is 9.10. The van der Waals surface area contributed by atoms with Gasteiger partial charge in [0.25, 0.3) is 0 Å². The van der Waals surface area contributed by atoms with Gasteiger partial charge in [0, 0.05) is 17.1 Å². The Labute approximate surface area is 122 Å². The molecule has 0 bridgehead atoms. The second kappa shape index (κ2) is 5.52. The van der Waals surface area contributed by atoms with Gasteiger partial charge in [0.15, 0.2) is 0 Å². The van der Waals surface area contributed by atoms with Crippen LogP contribution in [0.25, 0.3) is 0 Å². The lowest BCUT2D eigenvalue weighted by atomic mass is 9.86. The summed E-state index contributed by atoms with van der Waals surface area (Å²) in [6, 6.07) is 8.98. The van der Waals surface area contributed by atoms with E-state index in [-0.39, 0.29) is 12.0 Å². The third-order valence-corrected chi connectivity index (χ3v) is 4.70. The smallest absolute Gasteiger partial charge is 0.0579 e. The molecule has 104 valence electrons. The van der Waals surface area contributed by atoms with Crippen LogP contribution in [0.5, 0.6) is 0 Å². The summed E-state index contributed by atoms with van der Waals surface area (Å²) in [5.41, 5.74) is 1.29. The second-order valence-electron chi connectivity index (χ2n) is 5.90. The van der Waals surface area contributed by atoms with Gasteiger partial charge in [-0.3, -0.25) is 0 Å². The minimum atomic E-state index is -0.0531. The first-order valence-electron chi connectivity index (χ1n) is 6.90. The van der Waals surface area contributed by atoms with E-state index in [2.05, 4.69) is 45.5 Å². The van der Waals surface area contributed by atoms with Crippen LogP contribution in [-0.4, -0.2) is 31.5 Å². The monoisotopic (exact) mass is 325 g/mol. The number of nitrogens with one attached hydrogen (secondary N) is 1. The van der Waals surface area contributed by atoms with Crippen molar-refractivity contribution >= 4 is 15.9 Å². The summed E-state index contributed by atoms with van der Waals surface area (Å²) in [6.07, 6.45) is 2.60. The Morgan fingerprint density at radius 3 is 2.47 bits per heavy atom. The molecule has 1 atom stereocenters. The first-order valence-corrected chi connectivity index (χ1v) is 7.69. The zero-order chi connectivity index (χ0) is 13.3. The Morgan fingerprint density at radius 1 is 1.32 bits per heavy atom. The van der Waals surface area contributed by atoms with Gasteiger partial charge < -0.3 is 15.2 Å². The van der Waals surface area contributed by atoms with Gasteiger partial charge in [-0.05, 0) is 36.5 Å². The molecule has 2 fully saturated rings. The van der Waals surface area contributed by atoms with Crippen molar-refractivity contribution in [2.75, 3.05) is 26.4 Å². The van der Waals surface area contributed by atoms with Gasteiger partial charge in [-0.2, -0.15) is 0 Å². The van der Waals surface area contributed by atoms with Crippen molar-refractivity contribution in [2.45, 2.75) is 18.9 Å². The molecular formula is C15H20BrNO2. The topological polar surface area (TPSA) is 41.5 Å². The van der Waals surface area contributed by atoms with Crippen LogP contribution in [0, 0.1) is 11.3 Å². The number of aliphatic hydroxyl groups is 1. The average molecular weight is 326 g/mol. The highest BCUT2D eigenvalue weighted by Gasteiger charge is 2.40. The molecule has 1 aliphatic heterocycles. The minimum Gasteiger partial charge on any atom is -0.396 e. The Balaban J connectivity index is 1.66. The fraction of sp³-hybridized carbons (Fsp3) is 0.600. The minimum absolute atomic E-state index is 0.0531. The summed E-state index contributed by atoms with van der Waals surface area (Å²) in [4.78, 5) is 0. The molecule has 3 nitrogen and oxygen atoms in total. The average Bonchev–Trinajstić information content (AvgIpc) is 3.19. The molecule has 0 spiro atoms. The van der Waals surface area contributed by atoms with Crippen molar-refractivity contribution in [3.05, 3.63) is 34.3 Å². The second-order valence-corrected chi connectivity index (χ2v) is 6.81. The normalized spacial score (nSPS) is 22.8. The van der Waals surface area contributed by atoms with E-state index in [0.717, 1.165) is 16.9 Å². The van der Waals surface area contributed by atoms with E-state index in [1.54, 1.807) is 0 Å². The molecule has 0 aromatic heterocycles. The molecule has 2 N–H and O–H groups in total. The Hall–Kier alpha value is -0.420. The Bertz CT molecular complexity index is 421. The number of halogens is 1. The maximum Gasteiger partial charge on any atom is 0.0579 e. The zero-order valence-corrected chi connectivity index (χ0v) is 12.5. The van der Waals surface area contributed by atoms with Gasteiger partial charge in [-0.1, -0.05) is 28.1 Å². The van der Waals surface area contributed by atoms with Crippen molar-refractivity contribution in [1.82, 2.24) is 5.32 Å². The van der Waals surface area contributed by atoms with Crippen molar-refractivity contribution in [2.24, 2.45) is 11.3 Å². The third kappa shape index (κ3) is 3.02. The molecule has 0 amide bonds. The summed E-state index contributed by atoms with van der Waals surface area (Å²) in [5, 5.41) is 13.1. The lowest BCUT2D eigenvalue weighted by molar-refractivity contribution is -0.135. The van der Waals surface area contributed by atoms with Crippen LogP contribution < -0.4 is 5.32 Å². The van der Waals surface area contributed by atoms with Crippen LogP contribution in [0.4, 0.5) is 0 Å².